The zero-order chi connectivity index (χ0) is 14.0. The second-order valence-corrected chi connectivity index (χ2v) is 4.88. The van der Waals surface area contributed by atoms with Gasteiger partial charge in [0.15, 0.2) is 5.82 Å². The summed E-state index contributed by atoms with van der Waals surface area (Å²) in [6, 6.07) is 2.04. The van der Waals surface area contributed by atoms with E-state index in [9.17, 15) is 10.4 Å². The molecule has 6 nitrogen and oxygen atoms in total. The van der Waals surface area contributed by atoms with Crippen molar-refractivity contribution in [3.63, 3.8) is 0 Å². The number of nitrogens with two attached hydrogens (primary N) is 1. The minimum Gasteiger partial charge on any atom is -0.391 e. The van der Waals surface area contributed by atoms with E-state index in [0.29, 0.717) is 17.2 Å². The van der Waals surface area contributed by atoms with Crippen LogP contribution < -0.4 is 10.6 Å². The molecule has 104 valence electrons. The molecule has 3 N–H and O–H groups in total. The third kappa shape index (κ3) is 2.26. The summed E-state index contributed by atoms with van der Waals surface area (Å²) < 4.78 is 1.64. The molecule has 0 aliphatic heterocycles. The van der Waals surface area contributed by atoms with Crippen molar-refractivity contribution in [3.8, 4) is 6.07 Å². The first kappa shape index (κ1) is 13.7. The molecule has 0 bridgehead atoms. The molecule has 1 fully saturated rings. The van der Waals surface area contributed by atoms with Gasteiger partial charge in [0.2, 0.25) is 0 Å². The maximum atomic E-state index is 9.98. The number of nitrogens with zero attached hydrogens (tertiary/aromatic N) is 4. The molecule has 0 saturated heterocycles. The van der Waals surface area contributed by atoms with Crippen LogP contribution >= 0.6 is 0 Å². The molecule has 1 saturated carbocycles. The highest BCUT2D eigenvalue weighted by Crippen LogP contribution is 2.35. The van der Waals surface area contributed by atoms with Crippen LogP contribution in [0.3, 0.4) is 0 Å². The summed E-state index contributed by atoms with van der Waals surface area (Å²) in [5.41, 5.74) is 6.46. The Morgan fingerprint density at radius 1 is 1.47 bits per heavy atom. The molecule has 1 aromatic heterocycles. The van der Waals surface area contributed by atoms with E-state index in [1.54, 1.807) is 4.68 Å². The minimum atomic E-state index is -0.418. The van der Waals surface area contributed by atoms with Crippen LogP contribution in [0.1, 0.15) is 44.7 Å². The Balaban J connectivity index is 2.44. The van der Waals surface area contributed by atoms with Gasteiger partial charge in [-0.2, -0.15) is 10.4 Å². The highest BCUT2D eigenvalue weighted by atomic mass is 16.3. The molecule has 2 unspecified atom stereocenters. The second-order valence-electron chi connectivity index (χ2n) is 4.88. The number of aromatic nitrogens is 2. The van der Waals surface area contributed by atoms with Gasteiger partial charge >= 0.3 is 0 Å². The van der Waals surface area contributed by atoms with Crippen molar-refractivity contribution >= 4 is 11.6 Å². The standard InChI is InChI=1S/C13H21N5O/c1-3-17(4-2)13-9(8-14)12(15)18(16-13)10-6-5-7-11(10)19/h10-11,19H,3-7,15H2,1-2H3. The van der Waals surface area contributed by atoms with Crippen molar-refractivity contribution in [2.75, 3.05) is 23.7 Å². The van der Waals surface area contributed by atoms with Gasteiger partial charge in [-0.05, 0) is 33.1 Å². The van der Waals surface area contributed by atoms with Gasteiger partial charge in [-0.1, -0.05) is 0 Å². The van der Waals surface area contributed by atoms with E-state index in [1.165, 1.54) is 0 Å². The fourth-order valence-corrected chi connectivity index (χ4v) is 2.75. The van der Waals surface area contributed by atoms with Gasteiger partial charge in [-0.15, -0.1) is 0 Å². The summed E-state index contributed by atoms with van der Waals surface area (Å²) in [5, 5.41) is 23.8. The molecule has 1 aromatic rings. The average molecular weight is 263 g/mol. The number of nitrogen functional groups attached to an aromatic ring is 1. The molecular formula is C13H21N5O. The van der Waals surface area contributed by atoms with Crippen LogP contribution in [0.25, 0.3) is 0 Å². The van der Waals surface area contributed by atoms with Gasteiger partial charge in [0.05, 0.1) is 12.1 Å². The van der Waals surface area contributed by atoms with Gasteiger partial charge in [-0.3, -0.25) is 0 Å². The predicted molar refractivity (Wildman–Crippen MR) is 73.8 cm³/mol. The van der Waals surface area contributed by atoms with Crippen molar-refractivity contribution in [1.82, 2.24) is 9.78 Å². The van der Waals surface area contributed by atoms with Gasteiger partial charge in [0.1, 0.15) is 17.5 Å². The van der Waals surface area contributed by atoms with E-state index < -0.39 is 6.10 Å². The van der Waals surface area contributed by atoms with E-state index in [1.807, 2.05) is 18.7 Å². The van der Waals surface area contributed by atoms with E-state index in [4.69, 9.17) is 5.73 Å². The molecular weight excluding hydrogens is 242 g/mol. The molecule has 0 amide bonds. The summed E-state index contributed by atoms with van der Waals surface area (Å²) in [4.78, 5) is 2.01. The van der Waals surface area contributed by atoms with Crippen molar-refractivity contribution in [2.45, 2.75) is 45.3 Å². The molecule has 0 spiro atoms. The van der Waals surface area contributed by atoms with Crippen LogP contribution in [-0.2, 0) is 0 Å². The lowest BCUT2D eigenvalue weighted by Gasteiger charge is -2.19. The van der Waals surface area contributed by atoms with Gasteiger partial charge in [0, 0.05) is 13.1 Å². The summed E-state index contributed by atoms with van der Waals surface area (Å²) in [7, 11) is 0. The molecule has 0 aromatic carbocycles. The molecule has 1 heterocycles. The number of nitriles is 1. The fraction of sp³-hybridized carbons (Fsp3) is 0.692. The lowest BCUT2D eigenvalue weighted by atomic mass is 10.2. The highest BCUT2D eigenvalue weighted by molar-refractivity contribution is 5.65. The van der Waals surface area contributed by atoms with Crippen molar-refractivity contribution in [2.24, 2.45) is 0 Å². The SMILES string of the molecule is CCN(CC)c1nn(C2CCCC2O)c(N)c1C#N. The van der Waals surface area contributed by atoms with Crippen LogP contribution in [0.15, 0.2) is 0 Å². The smallest absolute Gasteiger partial charge is 0.170 e. The highest BCUT2D eigenvalue weighted by Gasteiger charge is 2.31. The van der Waals surface area contributed by atoms with Crippen molar-refractivity contribution < 1.29 is 5.11 Å². The maximum Gasteiger partial charge on any atom is 0.170 e. The zero-order valence-corrected chi connectivity index (χ0v) is 11.5. The van der Waals surface area contributed by atoms with Crippen molar-refractivity contribution in [3.05, 3.63) is 5.56 Å². The van der Waals surface area contributed by atoms with E-state index in [2.05, 4.69) is 11.2 Å². The number of aliphatic hydroxyl groups excluding tert-OH is 1. The monoisotopic (exact) mass is 263 g/mol. The lowest BCUT2D eigenvalue weighted by molar-refractivity contribution is 0.131. The topological polar surface area (TPSA) is 91.1 Å². The zero-order valence-electron chi connectivity index (χ0n) is 11.5. The molecule has 1 aliphatic carbocycles. The van der Waals surface area contributed by atoms with Crippen LogP contribution in [-0.4, -0.2) is 34.1 Å². The molecule has 0 radical (unpaired) electrons. The first-order chi connectivity index (χ1) is 9.13. The number of anilines is 2. The maximum absolute atomic E-state index is 9.98. The van der Waals surface area contributed by atoms with E-state index in [0.717, 1.165) is 32.4 Å². The van der Waals surface area contributed by atoms with Gasteiger partial charge in [-0.25, -0.2) is 4.68 Å². The van der Waals surface area contributed by atoms with Crippen LogP contribution in [0.4, 0.5) is 11.6 Å². The summed E-state index contributed by atoms with van der Waals surface area (Å²) in [6.45, 7) is 5.58. The summed E-state index contributed by atoms with van der Waals surface area (Å²) >= 11 is 0. The molecule has 6 heteroatoms. The number of rotatable bonds is 4. The third-order valence-electron chi connectivity index (χ3n) is 3.86. The number of aliphatic hydroxyl groups is 1. The molecule has 2 rings (SSSR count). The lowest BCUT2D eigenvalue weighted by Crippen LogP contribution is -2.24. The third-order valence-corrected chi connectivity index (χ3v) is 3.86. The first-order valence-corrected chi connectivity index (χ1v) is 6.85. The normalized spacial score (nSPS) is 22.4. The Hall–Kier alpha value is -1.74. The van der Waals surface area contributed by atoms with Crippen LogP contribution in [0.2, 0.25) is 0 Å². The van der Waals surface area contributed by atoms with Crippen LogP contribution in [0.5, 0.6) is 0 Å². The molecule has 19 heavy (non-hydrogen) atoms. The Morgan fingerprint density at radius 3 is 2.63 bits per heavy atom. The Morgan fingerprint density at radius 2 is 2.16 bits per heavy atom. The summed E-state index contributed by atoms with van der Waals surface area (Å²) in [5.74, 6) is 0.999. The average Bonchev–Trinajstić information content (AvgIpc) is 2.95. The van der Waals surface area contributed by atoms with E-state index in [-0.39, 0.29) is 6.04 Å². The second kappa shape index (κ2) is 5.49. The Bertz CT molecular complexity index is 486. The first-order valence-electron chi connectivity index (χ1n) is 6.85. The van der Waals surface area contributed by atoms with Crippen molar-refractivity contribution in [1.29, 1.82) is 5.26 Å². The summed E-state index contributed by atoms with van der Waals surface area (Å²) in [6.07, 6.45) is 2.17. The largest absolute Gasteiger partial charge is 0.391 e. The Kier molecular flexibility index (Phi) is 3.96. The van der Waals surface area contributed by atoms with Gasteiger partial charge in [0.25, 0.3) is 0 Å². The molecule has 1 aliphatic rings. The van der Waals surface area contributed by atoms with Crippen LogP contribution in [0, 0.1) is 11.3 Å². The fourth-order valence-electron chi connectivity index (χ4n) is 2.75. The predicted octanol–water partition coefficient (Wildman–Crippen LogP) is 1.27. The quantitative estimate of drug-likeness (QED) is 0.853. The number of hydrogen-bond acceptors (Lipinski definition) is 5. The molecule has 2 atom stereocenters. The van der Waals surface area contributed by atoms with Gasteiger partial charge < -0.3 is 15.7 Å². The minimum absolute atomic E-state index is 0.101. The van der Waals surface area contributed by atoms with E-state index >= 15 is 0 Å². The Labute approximate surface area is 113 Å². The number of hydrogen-bond donors (Lipinski definition) is 2.